The van der Waals surface area contributed by atoms with Gasteiger partial charge in [0.15, 0.2) is 11.7 Å². The van der Waals surface area contributed by atoms with E-state index in [1.165, 1.54) is 0 Å². The zero-order valence-electron chi connectivity index (χ0n) is 11.7. The predicted octanol–water partition coefficient (Wildman–Crippen LogP) is 2.85. The molecule has 0 aliphatic carbocycles. The van der Waals surface area contributed by atoms with Gasteiger partial charge in [-0.3, -0.25) is 0 Å². The number of rotatable bonds is 3. The zero-order valence-corrected chi connectivity index (χ0v) is 11.7. The molecule has 0 bridgehead atoms. The van der Waals surface area contributed by atoms with E-state index in [4.69, 9.17) is 10.5 Å². The van der Waals surface area contributed by atoms with Gasteiger partial charge < -0.3 is 10.5 Å². The Bertz CT molecular complexity index is 728. The van der Waals surface area contributed by atoms with E-state index in [2.05, 4.69) is 9.98 Å². The van der Waals surface area contributed by atoms with Crippen LogP contribution in [0.25, 0.3) is 6.08 Å². The van der Waals surface area contributed by atoms with Crippen LogP contribution in [0.5, 0.6) is 5.75 Å². The first kappa shape index (κ1) is 13.1. The highest BCUT2D eigenvalue weighted by Crippen LogP contribution is 2.18. The molecule has 2 N–H and O–H groups in total. The van der Waals surface area contributed by atoms with Crippen molar-refractivity contribution in [1.82, 2.24) is 0 Å². The Kier molecular flexibility index (Phi) is 3.51. The van der Waals surface area contributed by atoms with E-state index < -0.39 is 0 Å². The first-order valence-electron chi connectivity index (χ1n) is 6.60. The van der Waals surface area contributed by atoms with Crippen molar-refractivity contribution in [3.05, 3.63) is 71.4 Å². The standard InChI is InChI=1S/C17H15N3O/c1-21-14-9-7-13(8-10-14)17-19-15(16(18)20-17)11-12-5-3-2-4-6-12/h2-11H,1H3,(H2,18,19,20). The molecule has 4 nitrogen and oxygen atoms in total. The van der Waals surface area contributed by atoms with Gasteiger partial charge in [0, 0.05) is 5.56 Å². The van der Waals surface area contributed by atoms with Crippen molar-refractivity contribution in [2.75, 3.05) is 7.11 Å². The number of hydrogen-bond donors (Lipinski definition) is 1. The molecule has 0 saturated heterocycles. The molecule has 2 aromatic rings. The number of nitrogens with two attached hydrogens (primary N) is 1. The van der Waals surface area contributed by atoms with E-state index in [9.17, 15) is 0 Å². The SMILES string of the molecule is COc1ccc(C2=NC(=Cc3ccccc3)C(N)=N2)cc1. The quantitative estimate of drug-likeness (QED) is 0.937. The fraction of sp³-hybridized carbons (Fsp3) is 0.0588. The molecule has 4 heteroatoms. The topological polar surface area (TPSA) is 60.0 Å². The fourth-order valence-electron chi connectivity index (χ4n) is 2.05. The van der Waals surface area contributed by atoms with Gasteiger partial charge in [0.1, 0.15) is 11.4 Å². The van der Waals surface area contributed by atoms with Crippen molar-refractivity contribution >= 4 is 17.7 Å². The molecule has 1 aliphatic rings. The highest BCUT2D eigenvalue weighted by atomic mass is 16.5. The molecule has 1 heterocycles. The number of hydrogen-bond acceptors (Lipinski definition) is 4. The molecule has 0 fully saturated rings. The number of ether oxygens (including phenoxy) is 1. The molecule has 0 saturated carbocycles. The number of methoxy groups -OCH3 is 1. The lowest BCUT2D eigenvalue weighted by Crippen LogP contribution is -2.10. The normalized spacial score (nSPS) is 15.8. The van der Waals surface area contributed by atoms with Crippen LogP contribution in [-0.2, 0) is 0 Å². The Morgan fingerprint density at radius 1 is 0.952 bits per heavy atom. The highest BCUT2D eigenvalue weighted by molar-refractivity contribution is 6.18. The Morgan fingerprint density at radius 3 is 2.33 bits per heavy atom. The summed E-state index contributed by atoms with van der Waals surface area (Å²) in [5.74, 6) is 1.86. The summed E-state index contributed by atoms with van der Waals surface area (Å²) < 4.78 is 5.14. The maximum absolute atomic E-state index is 5.95. The largest absolute Gasteiger partial charge is 0.497 e. The van der Waals surface area contributed by atoms with Crippen LogP contribution in [0, 0.1) is 0 Å². The van der Waals surface area contributed by atoms with E-state index in [1.54, 1.807) is 7.11 Å². The number of benzene rings is 2. The number of aliphatic imine (C=N–C) groups is 2. The average molecular weight is 277 g/mol. The molecule has 0 atom stereocenters. The van der Waals surface area contributed by atoms with Crippen molar-refractivity contribution in [1.29, 1.82) is 0 Å². The molecular weight excluding hydrogens is 262 g/mol. The maximum atomic E-state index is 5.95. The molecule has 0 unspecified atom stereocenters. The van der Waals surface area contributed by atoms with Crippen molar-refractivity contribution in [2.45, 2.75) is 0 Å². The van der Waals surface area contributed by atoms with Gasteiger partial charge in [-0.05, 0) is 35.9 Å². The zero-order chi connectivity index (χ0) is 14.7. The van der Waals surface area contributed by atoms with Gasteiger partial charge in [0.2, 0.25) is 0 Å². The summed E-state index contributed by atoms with van der Waals surface area (Å²) in [7, 11) is 1.64. The minimum absolute atomic E-state index is 0.435. The molecule has 104 valence electrons. The lowest BCUT2D eigenvalue weighted by Gasteiger charge is -2.00. The van der Waals surface area contributed by atoms with Crippen LogP contribution in [0.15, 0.2) is 70.3 Å². The molecule has 0 spiro atoms. The van der Waals surface area contributed by atoms with Gasteiger partial charge in [0.25, 0.3) is 0 Å². The van der Waals surface area contributed by atoms with E-state index in [0.717, 1.165) is 16.9 Å². The van der Waals surface area contributed by atoms with Crippen LogP contribution in [0.1, 0.15) is 11.1 Å². The van der Waals surface area contributed by atoms with Gasteiger partial charge in [-0.15, -0.1) is 0 Å². The van der Waals surface area contributed by atoms with Crippen LogP contribution >= 0.6 is 0 Å². The minimum atomic E-state index is 0.435. The first-order valence-corrected chi connectivity index (χ1v) is 6.60. The second-order valence-electron chi connectivity index (χ2n) is 4.60. The van der Waals surface area contributed by atoms with E-state index in [0.29, 0.717) is 17.4 Å². The van der Waals surface area contributed by atoms with Crippen LogP contribution < -0.4 is 10.5 Å². The summed E-state index contributed by atoms with van der Waals surface area (Å²) in [5, 5.41) is 0. The van der Waals surface area contributed by atoms with Gasteiger partial charge >= 0.3 is 0 Å². The molecule has 3 rings (SSSR count). The van der Waals surface area contributed by atoms with Crippen LogP contribution in [-0.4, -0.2) is 18.8 Å². The van der Waals surface area contributed by atoms with Gasteiger partial charge in [0.05, 0.1) is 7.11 Å². The van der Waals surface area contributed by atoms with Crippen molar-refractivity contribution in [3.63, 3.8) is 0 Å². The average Bonchev–Trinajstić information content (AvgIpc) is 2.89. The van der Waals surface area contributed by atoms with Crippen molar-refractivity contribution in [2.24, 2.45) is 15.7 Å². The fourth-order valence-corrected chi connectivity index (χ4v) is 2.05. The molecule has 1 aliphatic heterocycles. The number of amidine groups is 2. The number of nitrogens with zero attached hydrogens (tertiary/aromatic N) is 2. The highest BCUT2D eigenvalue weighted by Gasteiger charge is 2.15. The summed E-state index contributed by atoms with van der Waals surface area (Å²) in [4.78, 5) is 8.83. The van der Waals surface area contributed by atoms with E-state index in [1.807, 2.05) is 60.7 Å². The molecule has 0 radical (unpaired) electrons. The van der Waals surface area contributed by atoms with Crippen molar-refractivity contribution < 1.29 is 4.74 Å². The Hall–Kier alpha value is -2.88. The van der Waals surface area contributed by atoms with Crippen LogP contribution in [0.2, 0.25) is 0 Å². The second kappa shape index (κ2) is 5.63. The summed E-state index contributed by atoms with van der Waals surface area (Å²) >= 11 is 0. The smallest absolute Gasteiger partial charge is 0.162 e. The van der Waals surface area contributed by atoms with Crippen LogP contribution in [0.4, 0.5) is 0 Å². The Balaban J connectivity index is 1.91. The van der Waals surface area contributed by atoms with Gasteiger partial charge in [-0.2, -0.15) is 0 Å². The third-order valence-corrected chi connectivity index (χ3v) is 3.17. The molecule has 0 aromatic heterocycles. The van der Waals surface area contributed by atoms with Gasteiger partial charge in [-0.1, -0.05) is 30.3 Å². The summed E-state index contributed by atoms with van der Waals surface area (Å²) in [6, 6.07) is 17.5. The first-order chi connectivity index (χ1) is 10.3. The van der Waals surface area contributed by atoms with Gasteiger partial charge in [-0.25, -0.2) is 9.98 Å². The molecular formula is C17H15N3O. The molecule has 0 amide bonds. The summed E-state index contributed by atoms with van der Waals surface area (Å²) in [6.07, 6.45) is 1.93. The van der Waals surface area contributed by atoms with E-state index >= 15 is 0 Å². The van der Waals surface area contributed by atoms with E-state index in [-0.39, 0.29) is 0 Å². The van der Waals surface area contributed by atoms with Crippen molar-refractivity contribution in [3.8, 4) is 5.75 Å². The molecule has 21 heavy (non-hydrogen) atoms. The Morgan fingerprint density at radius 2 is 1.67 bits per heavy atom. The summed E-state index contributed by atoms with van der Waals surface area (Å²) in [6.45, 7) is 0. The third-order valence-electron chi connectivity index (χ3n) is 3.17. The minimum Gasteiger partial charge on any atom is -0.497 e. The third kappa shape index (κ3) is 2.84. The summed E-state index contributed by atoms with van der Waals surface area (Å²) in [5.41, 5.74) is 8.60. The molecule has 2 aromatic carbocycles. The lowest BCUT2D eigenvalue weighted by atomic mass is 10.2. The van der Waals surface area contributed by atoms with Crippen LogP contribution in [0.3, 0.4) is 0 Å². The second-order valence-corrected chi connectivity index (χ2v) is 4.60. The lowest BCUT2D eigenvalue weighted by molar-refractivity contribution is 0.415. The monoisotopic (exact) mass is 277 g/mol. The Labute approximate surface area is 123 Å². The predicted molar refractivity (Wildman–Crippen MR) is 85.6 cm³/mol. The maximum Gasteiger partial charge on any atom is 0.162 e.